The Labute approximate surface area is 166 Å². The van der Waals surface area contributed by atoms with Crippen molar-refractivity contribution in [1.29, 1.82) is 0 Å². The van der Waals surface area contributed by atoms with E-state index in [9.17, 15) is 0 Å². The Bertz CT molecular complexity index is 926. The standard InChI is InChI=1S/C22H27N5O/c1-16-12-17(2)27(25-16)22-15-23-14-21(24-22)26-10-8-19(9-11-26)13-18-4-6-20(28-3)7-5-18/h4-7,12,14-15,19H,8-11,13H2,1-3H3. The molecule has 0 aliphatic carbocycles. The zero-order chi connectivity index (χ0) is 19.5. The normalized spacial score (nSPS) is 15.0. The fourth-order valence-electron chi connectivity index (χ4n) is 3.92. The van der Waals surface area contributed by atoms with Crippen LogP contribution in [-0.2, 0) is 6.42 Å². The lowest BCUT2D eigenvalue weighted by Crippen LogP contribution is -2.35. The van der Waals surface area contributed by atoms with E-state index in [4.69, 9.17) is 9.72 Å². The number of aromatic nitrogens is 4. The predicted molar refractivity (Wildman–Crippen MR) is 110 cm³/mol. The molecule has 1 saturated heterocycles. The largest absolute Gasteiger partial charge is 0.497 e. The van der Waals surface area contributed by atoms with E-state index in [1.165, 1.54) is 5.56 Å². The minimum atomic E-state index is 0.705. The SMILES string of the molecule is COc1ccc(CC2CCN(c3cncc(-n4nc(C)cc4C)n3)CC2)cc1. The van der Waals surface area contributed by atoms with Gasteiger partial charge in [-0.2, -0.15) is 5.10 Å². The Morgan fingerprint density at radius 3 is 2.39 bits per heavy atom. The molecule has 0 saturated carbocycles. The van der Waals surface area contributed by atoms with E-state index in [1.807, 2.05) is 36.9 Å². The molecule has 1 aromatic carbocycles. The van der Waals surface area contributed by atoms with Crippen LogP contribution in [-0.4, -0.2) is 39.9 Å². The molecule has 1 fully saturated rings. The van der Waals surface area contributed by atoms with Gasteiger partial charge in [-0.05, 0) is 62.8 Å². The van der Waals surface area contributed by atoms with Crippen molar-refractivity contribution in [2.75, 3.05) is 25.1 Å². The molecule has 2 aromatic heterocycles. The van der Waals surface area contributed by atoms with Crippen LogP contribution in [0.2, 0.25) is 0 Å². The summed E-state index contributed by atoms with van der Waals surface area (Å²) in [5.74, 6) is 3.34. The molecule has 6 nitrogen and oxygen atoms in total. The Morgan fingerprint density at radius 2 is 1.75 bits per heavy atom. The number of rotatable bonds is 5. The molecule has 0 N–H and O–H groups in total. The van der Waals surface area contributed by atoms with E-state index in [0.29, 0.717) is 5.92 Å². The van der Waals surface area contributed by atoms with Crippen LogP contribution in [0, 0.1) is 19.8 Å². The summed E-state index contributed by atoms with van der Waals surface area (Å²) < 4.78 is 7.11. The molecular formula is C22H27N5O. The third-order valence-corrected chi connectivity index (χ3v) is 5.46. The topological polar surface area (TPSA) is 56.1 Å². The molecule has 0 unspecified atom stereocenters. The fourth-order valence-corrected chi connectivity index (χ4v) is 3.92. The van der Waals surface area contributed by atoms with Crippen molar-refractivity contribution in [2.45, 2.75) is 33.1 Å². The summed E-state index contributed by atoms with van der Waals surface area (Å²) >= 11 is 0. The number of hydrogen-bond donors (Lipinski definition) is 0. The van der Waals surface area contributed by atoms with Gasteiger partial charge in [-0.25, -0.2) is 9.67 Å². The Balaban J connectivity index is 1.39. The second-order valence-electron chi connectivity index (χ2n) is 7.56. The van der Waals surface area contributed by atoms with Crippen molar-refractivity contribution < 1.29 is 4.74 Å². The molecule has 146 valence electrons. The smallest absolute Gasteiger partial charge is 0.174 e. The molecule has 0 spiro atoms. The quantitative estimate of drug-likeness (QED) is 0.678. The highest BCUT2D eigenvalue weighted by Crippen LogP contribution is 2.25. The third-order valence-electron chi connectivity index (χ3n) is 5.46. The molecule has 0 bridgehead atoms. The fraction of sp³-hybridized carbons (Fsp3) is 0.409. The van der Waals surface area contributed by atoms with Gasteiger partial charge in [0, 0.05) is 18.8 Å². The average molecular weight is 377 g/mol. The van der Waals surface area contributed by atoms with E-state index in [1.54, 1.807) is 13.3 Å². The van der Waals surface area contributed by atoms with E-state index in [-0.39, 0.29) is 0 Å². The molecule has 1 aliphatic heterocycles. The van der Waals surface area contributed by atoms with Crippen LogP contribution in [0.1, 0.15) is 29.8 Å². The lowest BCUT2D eigenvalue weighted by atomic mass is 9.90. The Kier molecular flexibility index (Phi) is 5.28. The van der Waals surface area contributed by atoms with E-state index < -0.39 is 0 Å². The highest BCUT2D eigenvalue weighted by molar-refractivity contribution is 5.40. The molecule has 6 heteroatoms. The van der Waals surface area contributed by atoms with Gasteiger partial charge in [-0.3, -0.25) is 4.98 Å². The summed E-state index contributed by atoms with van der Waals surface area (Å²) in [6.45, 7) is 6.06. The molecule has 0 amide bonds. The van der Waals surface area contributed by atoms with Gasteiger partial charge in [0.15, 0.2) is 5.82 Å². The maximum atomic E-state index is 5.25. The molecule has 28 heavy (non-hydrogen) atoms. The molecule has 0 atom stereocenters. The van der Waals surface area contributed by atoms with Crippen molar-refractivity contribution in [2.24, 2.45) is 5.92 Å². The summed E-state index contributed by atoms with van der Waals surface area (Å²) in [4.78, 5) is 11.6. The van der Waals surface area contributed by atoms with Gasteiger partial charge in [0.25, 0.3) is 0 Å². The number of piperidine rings is 1. The minimum Gasteiger partial charge on any atom is -0.497 e. The van der Waals surface area contributed by atoms with Crippen LogP contribution in [0.3, 0.4) is 0 Å². The number of anilines is 1. The second-order valence-corrected chi connectivity index (χ2v) is 7.56. The van der Waals surface area contributed by atoms with Gasteiger partial charge < -0.3 is 9.64 Å². The molecule has 4 rings (SSSR count). The number of aryl methyl sites for hydroxylation is 2. The first-order valence-electron chi connectivity index (χ1n) is 9.86. The Morgan fingerprint density at radius 1 is 1.04 bits per heavy atom. The van der Waals surface area contributed by atoms with Crippen LogP contribution in [0.25, 0.3) is 5.82 Å². The highest BCUT2D eigenvalue weighted by Gasteiger charge is 2.21. The molecular weight excluding hydrogens is 350 g/mol. The van der Waals surface area contributed by atoms with Crippen molar-refractivity contribution in [1.82, 2.24) is 19.7 Å². The molecule has 0 radical (unpaired) electrons. The van der Waals surface area contributed by atoms with Crippen LogP contribution in [0.15, 0.2) is 42.7 Å². The minimum absolute atomic E-state index is 0.705. The number of methoxy groups -OCH3 is 1. The van der Waals surface area contributed by atoms with Gasteiger partial charge in [0.1, 0.15) is 11.6 Å². The van der Waals surface area contributed by atoms with Crippen molar-refractivity contribution in [3.05, 3.63) is 59.7 Å². The number of benzene rings is 1. The second kappa shape index (κ2) is 8.00. The summed E-state index contributed by atoms with van der Waals surface area (Å²) in [6.07, 6.45) is 7.09. The zero-order valence-corrected chi connectivity index (χ0v) is 16.8. The highest BCUT2D eigenvalue weighted by atomic mass is 16.5. The van der Waals surface area contributed by atoms with Crippen LogP contribution < -0.4 is 9.64 Å². The lowest BCUT2D eigenvalue weighted by molar-refractivity contribution is 0.400. The predicted octanol–water partition coefficient (Wildman–Crippen LogP) is 3.75. The molecule has 3 heterocycles. The first-order valence-corrected chi connectivity index (χ1v) is 9.86. The van der Waals surface area contributed by atoms with Crippen molar-refractivity contribution in [3.63, 3.8) is 0 Å². The number of nitrogens with zero attached hydrogens (tertiary/aromatic N) is 5. The first kappa shape index (κ1) is 18.5. The van der Waals surface area contributed by atoms with E-state index in [2.05, 4.69) is 33.2 Å². The maximum Gasteiger partial charge on any atom is 0.174 e. The van der Waals surface area contributed by atoms with Gasteiger partial charge in [0.05, 0.1) is 25.2 Å². The van der Waals surface area contributed by atoms with Crippen LogP contribution >= 0.6 is 0 Å². The van der Waals surface area contributed by atoms with Crippen LogP contribution in [0.4, 0.5) is 5.82 Å². The van der Waals surface area contributed by atoms with E-state index in [0.717, 1.165) is 61.1 Å². The maximum absolute atomic E-state index is 5.25. The summed E-state index contributed by atoms with van der Waals surface area (Å²) in [5, 5.41) is 4.52. The van der Waals surface area contributed by atoms with Crippen LogP contribution in [0.5, 0.6) is 5.75 Å². The van der Waals surface area contributed by atoms with Gasteiger partial charge in [-0.1, -0.05) is 12.1 Å². The van der Waals surface area contributed by atoms with Gasteiger partial charge in [-0.15, -0.1) is 0 Å². The van der Waals surface area contributed by atoms with Gasteiger partial charge >= 0.3 is 0 Å². The summed E-state index contributed by atoms with van der Waals surface area (Å²) in [6, 6.07) is 10.5. The third kappa shape index (κ3) is 4.01. The number of ether oxygens (including phenoxy) is 1. The number of hydrogen-bond acceptors (Lipinski definition) is 5. The van der Waals surface area contributed by atoms with Crippen molar-refractivity contribution >= 4 is 5.82 Å². The average Bonchev–Trinajstić information content (AvgIpc) is 3.07. The first-order chi connectivity index (χ1) is 13.6. The molecule has 3 aromatic rings. The van der Waals surface area contributed by atoms with Gasteiger partial charge in [0.2, 0.25) is 0 Å². The monoisotopic (exact) mass is 377 g/mol. The summed E-state index contributed by atoms with van der Waals surface area (Å²) in [7, 11) is 1.71. The van der Waals surface area contributed by atoms with Crippen molar-refractivity contribution in [3.8, 4) is 11.6 Å². The molecule has 1 aliphatic rings. The lowest BCUT2D eigenvalue weighted by Gasteiger charge is -2.32. The summed E-state index contributed by atoms with van der Waals surface area (Å²) in [5.41, 5.74) is 3.44. The van der Waals surface area contributed by atoms with E-state index >= 15 is 0 Å². The zero-order valence-electron chi connectivity index (χ0n) is 16.8. The Hall–Kier alpha value is -2.89.